The normalized spacial score (nSPS) is 13.4. The summed E-state index contributed by atoms with van der Waals surface area (Å²) in [5, 5.41) is 8.62. The summed E-state index contributed by atoms with van der Waals surface area (Å²) in [6, 6.07) is 32.7. The summed E-state index contributed by atoms with van der Waals surface area (Å²) >= 11 is 6.26. The molecule has 3 amide bonds. The Bertz CT molecular complexity index is 2140. The zero-order valence-electron chi connectivity index (χ0n) is 29.0. The molecule has 270 valence electrons. The van der Waals surface area contributed by atoms with Crippen LogP contribution < -0.4 is 16.0 Å². The average Bonchev–Trinajstić information content (AvgIpc) is 3.48. The Balaban J connectivity index is 1.25. The van der Waals surface area contributed by atoms with Crippen molar-refractivity contribution < 1.29 is 23.9 Å². The summed E-state index contributed by atoms with van der Waals surface area (Å²) in [5.74, 6) is -1.66. The van der Waals surface area contributed by atoms with Crippen LogP contribution in [0.15, 0.2) is 124 Å². The van der Waals surface area contributed by atoms with Gasteiger partial charge in [0.05, 0.1) is 12.7 Å². The molecule has 1 aromatic heterocycles. The van der Waals surface area contributed by atoms with E-state index in [0.29, 0.717) is 27.4 Å². The minimum Gasteiger partial charge on any atom is -0.465 e. The van der Waals surface area contributed by atoms with Gasteiger partial charge in [-0.1, -0.05) is 95.5 Å². The molecule has 0 saturated carbocycles. The van der Waals surface area contributed by atoms with Gasteiger partial charge in [0.25, 0.3) is 11.8 Å². The molecule has 1 heterocycles. The average molecular weight is 809 g/mol. The van der Waals surface area contributed by atoms with Crippen LogP contribution in [-0.2, 0) is 27.2 Å². The zero-order chi connectivity index (χ0) is 37.2. The lowest BCUT2D eigenvalue weighted by atomic mass is 9.96. The van der Waals surface area contributed by atoms with E-state index in [1.807, 2.05) is 66.7 Å². The van der Waals surface area contributed by atoms with Gasteiger partial charge in [-0.2, -0.15) is 0 Å². The smallest absolute Gasteiger partial charge is 0.341 e. The van der Waals surface area contributed by atoms with E-state index in [9.17, 15) is 19.2 Å². The molecular formula is C42H38BrN3O5S2. The number of fused-ring (bicyclic) bond motifs is 1. The van der Waals surface area contributed by atoms with Crippen molar-refractivity contribution in [3.63, 3.8) is 0 Å². The van der Waals surface area contributed by atoms with Gasteiger partial charge in [-0.05, 0) is 90.9 Å². The van der Waals surface area contributed by atoms with Crippen LogP contribution in [-0.4, -0.2) is 30.8 Å². The Kier molecular flexibility index (Phi) is 13.0. The maximum absolute atomic E-state index is 14.2. The third-order valence-electron chi connectivity index (χ3n) is 8.67. The number of rotatable bonds is 11. The van der Waals surface area contributed by atoms with Crippen LogP contribution in [0.2, 0.25) is 0 Å². The highest BCUT2D eigenvalue weighted by Crippen LogP contribution is 2.41. The molecule has 5 aromatic rings. The summed E-state index contributed by atoms with van der Waals surface area (Å²) in [7, 11) is 1.37. The van der Waals surface area contributed by atoms with Crippen molar-refractivity contribution >= 4 is 79.5 Å². The lowest BCUT2D eigenvalue weighted by Crippen LogP contribution is -2.30. The maximum atomic E-state index is 14.2. The lowest BCUT2D eigenvalue weighted by Gasteiger charge is -2.18. The summed E-state index contributed by atoms with van der Waals surface area (Å²) in [6.07, 6.45) is 7.53. The quantitative estimate of drug-likeness (QED) is 0.0696. The Morgan fingerprint density at radius 1 is 0.811 bits per heavy atom. The highest BCUT2D eigenvalue weighted by atomic mass is 79.9. The summed E-state index contributed by atoms with van der Waals surface area (Å²) < 4.78 is 6.01. The number of carbonyl (C=O) groups is 4. The number of anilines is 2. The molecule has 0 fully saturated rings. The minimum absolute atomic E-state index is 0.0583. The first kappa shape index (κ1) is 37.8. The van der Waals surface area contributed by atoms with Crippen LogP contribution in [0.5, 0.6) is 0 Å². The minimum atomic E-state index is -0.686. The predicted octanol–water partition coefficient (Wildman–Crippen LogP) is 9.84. The number of nitrogens with one attached hydrogen (secondary N) is 3. The molecule has 3 N–H and O–H groups in total. The van der Waals surface area contributed by atoms with Crippen LogP contribution in [0, 0.1) is 0 Å². The molecule has 1 unspecified atom stereocenters. The molecule has 1 aliphatic rings. The molecule has 53 heavy (non-hydrogen) atoms. The molecule has 0 saturated heterocycles. The molecule has 0 radical (unpaired) electrons. The number of thioether (sulfide) groups is 1. The Labute approximate surface area is 325 Å². The first-order chi connectivity index (χ1) is 25.8. The Morgan fingerprint density at radius 2 is 1.53 bits per heavy atom. The highest BCUT2D eigenvalue weighted by molar-refractivity contribution is 9.10. The van der Waals surface area contributed by atoms with Crippen molar-refractivity contribution in [2.45, 2.75) is 48.7 Å². The number of hydrogen-bond donors (Lipinski definition) is 3. The van der Waals surface area contributed by atoms with E-state index < -0.39 is 23.0 Å². The molecule has 4 aromatic carbocycles. The number of ether oxygens (including phenoxy) is 1. The number of thiophene rings is 1. The molecule has 11 heteroatoms. The van der Waals surface area contributed by atoms with Gasteiger partial charge < -0.3 is 20.7 Å². The molecule has 6 rings (SSSR count). The Hall–Kier alpha value is -4.97. The number of esters is 1. The number of benzene rings is 4. The molecule has 0 spiro atoms. The summed E-state index contributed by atoms with van der Waals surface area (Å²) in [6.45, 7) is 0. The summed E-state index contributed by atoms with van der Waals surface area (Å²) in [4.78, 5) is 56.0. The number of carbonyl (C=O) groups excluding carboxylic acids is 4. The van der Waals surface area contributed by atoms with Gasteiger partial charge >= 0.3 is 5.97 Å². The van der Waals surface area contributed by atoms with Gasteiger partial charge in [-0.3, -0.25) is 14.4 Å². The number of hydrogen-bond acceptors (Lipinski definition) is 7. The van der Waals surface area contributed by atoms with Gasteiger partial charge in [-0.25, -0.2) is 4.79 Å². The molecule has 0 aliphatic heterocycles. The molecule has 1 aliphatic carbocycles. The van der Waals surface area contributed by atoms with Gasteiger partial charge in [-0.15, -0.1) is 23.1 Å². The van der Waals surface area contributed by atoms with E-state index >= 15 is 0 Å². The van der Waals surface area contributed by atoms with Gasteiger partial charge in [0, 0.05) is 25.5 Å². The van der Waals surface area contributed by atoms with E-state index in [4.69, 9.17) is 4.74 Å². The van der Waals surface area contributed by atoms with Gasteiger partial charge in [0.1, 0.15) is 15.9 Å². The SMILES string of the molecule is COC(=O)c1c(NC(=O)C(Sc2cccc(NC(=O)/C(=C\c3cccc(Br)c3)NC(=O)c3ccccc3)c2)c2ccccc2)sc2c1CCCCCC2. The van der Waals surface area contributed by atoms with Gasteiger partial charge in [0.15, 0.2) is 0 Å². The molecular weight excluding hydrogens is 771 g/mol. The third kappa shape index (κ3) is 9.92. The van der Waals surface area contributed by atoms with Crippen molar-refractivity contribution in [1.82, 2.24) is 5.32 Å². The number of amides is 3. The van der Waals surface area contributed by atoms with Crippen molar-refractivity contribution in [2.75, 3.05) is 17.7 Å². The number of halogens is 1. The van der Waals surface area contributed by atoms with Crippen molar-refractivity contribution in [3.05, 3.63) is 152 Å². The van der Waals surface area contributed by atoms with E-state index in [-0.39, 0.29) is 11.6 Å². The van der Waals surface area contributed by atoms with Crippen LogP contribution in [0.1, 0.15) is 73.2 Å². The van der Waals surface area contributed by atoms with Crippen molar-refractivity contribution in [1.29, 1.82) is 0 Å². The summed E-state index contributed by atoms with van der Waals surface area (Å²) in [5.41, 5.74) is 3.88. The third-order valence-corrected chi connectivity index (χ3v) is 11.6. The van der Waals surface area contributed by atoms with Crippen LogP contribution in [0.25, 0.3) is 6.08 Å². The van der Waals surface area contributed by atoms with E-state index in [0.717, 1.165) is 63.9 Å². The second-order valence-electron chi connectivity index (χ2n) is 12.4. The molecule has 1 atom stereocenters. The van der Waals surface area contributed by atoms with E-state index in [1.54, 1.807) is 48.5 Å². The van der Waals surface area contributed by atoms with Crippen LogP contribution in [0.4, 0.5) is 10.7 Å². The fourth-order valence-electron chi connectivity index (χ4n) is 6.09. The standard InChI is InChI=1S/C42H38BrN3O5S2/c1-51-42(50)36-33-22-10-2-3-11-23-35(33)53-41(36)46-40(49)37(28-15-6-4-7-16-28)52-32-21-13-20-31(26-32)44-39(48)34(25-27-14-12-19-30(43)24-27)45-38(47)29-17-8-5-9-18-29/h4-9,12-21,24-26,37H,2-3,10-11,22-23H2,1H3,(H,44,48)(H,45,47)(H,46,49)/b34-25+. The number of aryl methyl sites for hydroxylation is 1. The topological polar surface area (TPSA) is 114 Å². The first-order valence-electron chi connectivity index (χ1n) is 17.3. The predicted molar refractivity (Wildman–Crippen MR) is 216 cm³/mol. The van der Waals surface area contributed by atoms with Crippen LogP contribution >= 0.6 is 39.0 Å². The zero-order valence-corrected chi connectivity index (χ0v) is 32.2. The van der Waals surface area contributed by atoms with Crippen molar-refractivity contribution in [3.8, 4) is 0 Å². The largest absolute Gasteiger partial charge is 0.465 e. The number of methoxy groups -OCH3 is 1. The fraction of sp³-hybridized carbons (Fsp3) is 0.190. The van der Waals surface area contributed by atoms with E-state index in [1.165, 1.54) is 30.2 Å². The lowest BCUT2D eigenvalue weighted by molar-refractivity contribution is -0.116. The molecule has 0 bridgehead atoms. The first-order valence-corrected chi connectivity index (χ1v) is 19.8. The van der Waals surface area contributed by atoms with Crippen molar-refractivity contribution in [2.24, 2.45) is 0 Å². The second kappa shape index (κ2) is 18.2. The van der Waals surface area contributed by atoms with Gasteiger partial charge in [0.2, 0.25) is 5.91 Å². The monoisotopic (exact) mass is 807 g/mol. The Morgan fingerprint density at radius 3 is 2.26 bits per heavy atom. The second-order valence-corrected chi connectivity index (χ2v) is 15.6. The van der Waals surface area contributed by atoms with Crippen LogP contribution in [0.3, 0.4) is 0 Å². The maximum Gasteiger partial charge on any atom is 0.341 e. The molecule has 8 nitrogen and oxygen atoms in total. The van der Waals surface area contributed by atoms with E-state index in [2.05, 4.69) is 31.9 Å². The fourth-order valence-corrected chi connectivity index (χ4v) is 8.87. The highest BCUT2D eigenvalue weighted by Gasteiger charge is 2.29.